The highest BCUT2D eigenvalue weighted by Gasteiger charge is 2.21. The normalized spacial score (nSPS) is 16.5. The number of nitrogens with one attached hydrogen (secondary N) is 2. The van der Waals surface area contributed by atoms with E-state index >= 15 is 0 Å². The molecule has 1 saturated heterocycles. The lowest BCUT2D eigenvalue weighted by molar-refractivity contribution is -0.141. The summed E-state index contributed by atoms with van der Waals surface area (Å²) < 4.78 is 6.18. The van der Waals surface area contributed by atoms with Crippen molar-refractivity contribution in [3.05, 3.63) is 28.7 Å². The van der Waals surface area contributed by atoms with Gasteiger partial charge in [0.25, 0.3) is 0 Å². The van der Waals surface area contributed by atoms with Gasteiger partial charge in [-0.1, -0.05) is 15.9 Å². The van der Waals surface area contributed by atoms with Crippen LogP contribution < -0.4 is 10.6 Å². The van der Waals surface area contributed by atoms with Crippen LogP contribution in [0.3, 0.4) is 0 Å². The number of amides is 1. The monoisotopic (exact) mass is 399 g/mol. The van der Waals surface area contributed by atoms with E-state index in [0.717, 1.165) is 24.1 Å². The van der Waals surface area contributed by atoms with Crippen LogP contribution in [-0.2, 0) is 14.3 Å². The molecule has 1 aromatic carbocycles. The van der Waals surface area contributed by atoms with Gasteiger partial charge in [0.15, 0.2) is 0 Å². The first-order chi connectivity index (χ1) is 11.5. The van der Waals surface area contributed by atoms with E-state index in [-0.39, 0.29) is 12.3 Å². The fourth-order valence-electron chi connectivity index (χ4n) is 2.40. The van der Waals surface area contributed by atoms with Gasteiger partial charge in [0.2, 0.25) is 5.91 Å². The first-order valence-corrected chi connectivity index (χ1v) is 8.65. The van der Waals surface area contributed by atoms with E-state index in [2.05, 4.69) is 31.5 Å². The maximum absolute atomic E-state index is 12.0. The highest BCUT2D eigenvalue weighted by Crippen LogP contribution is 2.14. The molecule has 8 heteroatoms. The van der Waals surface area contributed by atoms with Crippen LogP contribution in [0.15, 0.2) is 28.7 Å². The molecule has 1 aromatic rings. The number of hydrogen-bond donors (Lipinski definition) is 3. The molecule has 1 aliphatic rings. The van der Waals surface area contributed by atoms with E-state index < -0.39 is 12.0 Å². The molecule has 24 heavy (non-hydrogen) atoms. The zero-order chi connectivity index (χ0) is 17.4. The zero-order valence-corrected chi connectivity index (χ0v) is 14.9. The Kier molecular flexibility index (Phi) is 7.64. The molecule has 0 aliphatic carbocycles. The van der Waals surface area contributed by atoms with Crippen molar-refractivity contribution in [2.75, 3.05) is 44.7 Å². The molecule has 1 aliphatic heterocycles. The Morgan fingerprint density at radius 3 is 2.54 bits per heavy atom. The first-order valence-electron chi connectivity index (χ1n) is 7.86. The number of anilines is 1. The van der Waals surface area contributed by atoms with Crippen LogP contribution in [-0.4, -0.2) is 67.3 Å². The maximum Gasteiger partial charge on any atom is 0.321 e. The van der Waals surface area contributed by atoms with Crippen molar-refractivity contribution in [1.82, 2.24) is 10.2 Å². The van der Waals surface area contributed by atoms with Crippen LogP contribution in [0.1, 0.15) is 6.42 Å². The molecule has 0 radical (unpaired) electrons. The summed E-state index contributed by atoms with van der Waals surface area (Å²) in [5.74, 6) is -1.36. The topological polar surface area (TPSA) is 90.9 Å². The Labute approximate surface area is 149 Å². The molecule has 2 rings (SSSR count). The predicted octanol–water partition coefficient (Wildman–Crippen LogP) is 1.15. The summed E-state index contributed by atoms with van der Waals surface area (Å²) in [6.07, 6.45) is -0.117. The number of carboxylic acids is 1. The summed E-state index contributed by atoms with van der Waals surface area (Å²) in [6.45, 7) is 4.37. The van der Waals surface area contributed by atoms with E-state index in [4.69, 9.17) is 4.74 Å². The van der Waals surface area contributed by atoms with Crippen molar-refractivity contribution in [2.24, 2.45) is 0 Å². The molecule has 1 amide bonds. The van der Waals surface area contributed by atoms with Crippen LogP contribution in [0.25, 0.3) is 0 Å². The number of halogens is 1. The number of carbonyl (C=O) groups is 2. The minimum absolute atomic E-state index is 0.117. The molecule has 132 valence electrons. The second-order valence-electron chi connectivity index (χ2n) is 5.56. The Morgan fingerprint density at radius 1 is 1.25 bits per heavy atom. The number of morpholine rings is 1. The summed E-state index contributed by atoms with van der Waals surface area (Å²) in [5, 5.41) is 14.9. The molecule has 1 fully saturated rings. The van der Waals surface area contributed by atoms with Gasteiger partial charge in [-0.25, -0.2) is 0 Å². The average Bonchev–Trinajstić information content (AvgIpc) is 2.57. The van der Waals surface area contributed by atoms with Gasteiger partial charge in [-0.15, -0.1) is 0 Å². The minimum Gasteiger partial charge on any atom is -0.480 e. The Bertz CT molecular complexity index is 547. The van der Waals surface area contributed by atoms with Crippen LogP contribution in [0.5, 0.6) is 0 Å². The van der Waals surface area contributed by atoms with E-state index in [1.54, 1.807) is 12.1 Å². The molecule has 0 aromatic heterocycles. The van der Waals surface area contributed by atoms with Crippen LogP contribution in [0.2, 0.25) is 0 Å². The highest BCUT2D eigenvalue weighted by atomic mass is 79.9. The summed E-state index contributed by atoms with van der Waals surface area (Å²) in [5.41, 5.74) is 0.639. The fourth-order valence-corrected chi connectivity index (χ4v) is 2.66. The summed E-state index contributed by atoms with van der Waals surface area (Å²) >= 11 is 3.32. The van der Waals surface area contributed by atoms with Crippen molar-refractivity contribution < 1.29 is 19.4 Å². The number of carbonyl (C=O) groups excluding carboxylic acids is 1. The minimum atomic E-state index is -1.03. The van der Waals surface area contributed by atoms with Gasteiger partial charge in [-0.05, 0) is 24.3 Å². The molecule has 0 bridgehead atoms. The summed E-state index contributed by atoms with van der Waals surface area (Å²) in [7, 11) is 0. The van der Waals surface area contributed by atoms with Crippen LogP contribution in [0, 0.1) is 0 Å². The predicted molar refractivity (Wildman–Crippen MR) is 94.1 cm³/mol. The number of rotatable bonds is 8. The second kappa shape index (κ2) is 9.73. The van der Waals surface area contributed by atoms with E-state index in [1.165, 1.54) is 0 Å². The lowest BCUT2D eigenvalue weighted by Crippen LogP contribution is -2.45. The molecule has 0 saturated carbocycles. The van der Waals surface area contributed by atoms with Crippen molar-refractivity contribution in [2.45, 2.75) is 12.5 Å². The highest BCUT2D eigenvalue weighted by molar-refractivity contribution is 9.10. The molecular weight excluding hydrogens is 378 g/mol. The van der Waals surface area contributed by atoms with Crippen LogP contribution >= 0.6 is 15.9 Å². The van der Waals surface area contributed by atoms with Gasteiger partial charge in [0.05, 0.1) is 19.6 Å². The average molecular weight is 400 g/mol. The largest absolute Gasteiger partial charge is 0.480 e. The van der Waals surface area contributed by atoms with E-state index in [9.17, 15) is 14.7 Å². The third-order valence-corrected chi connectivity index (χ3v) is 4.27. The molecular formula is C16H22BrN3O4. The fraction of sp³-hybridized carbons (Fsp3) is 0.500. The Hall–Kier alpha value is -1.48. The lowest BCUT2D eigenvalue weighted by Gasteiger charge is -2.27. The molecule has 0 unspecified atom stereocenters. The molecule has 1 heterocycles. The van der Waals surface area contributed by atoms with E-state index in [1.807, 2.05) is 12.1 Å². The smallest absolute Gasteiger partial charge is 0.321 e. The Morgan fingerprint density at radius 2 is 1.92 bits per heavy atom. The Balaban J connectivity index is 1.76. The number of carboxylic acid groups (broad SMARTS) is 1. The summed E-state index contributed by atoms with van der Waals surface area (Å²) in [4.78, 5) is 25.6. The lowest BCUT2D eigenvalue weighted by atomic mass is 10.2. The van der Waals surface area contributed by atoms with Gasteiger partial charge < -0.3 is 20.5 Å². The number of aliphatic carboxylic acids is 1. The van der Waals surface area contributed by atoms with Crippen LogP contribution in [0.4, 0.5) is 5.69 Å². The number of ether oxygens (including phenoxy) is 1. The SMILES string of the molecule is O=C(C[C@H](NCCN1CCOCC1)C(=O)O)Nc1ccc(Br)cc1. The standard InChI is InChI=1S/C16H22BrN3O4/c17-12-1-3-13(4-2-12)19-15(21)11-14(16(22)23)18-5-6-20-7-9-24-10-8-20/h1-4,14,18H,5-11H2,(H,19,21)(H,22,23)/t14-/m0/s1. The third-order valence-electron chi connectivity index (χ3n) is 3.74. The molecule has 3 N–H and O–H groups in total. The van der Waals surface area contributed by atoms with Crippen molar-refractivity contribution in [3.63, 3.8) is 0 Å². The van der Waals surface area contributed by atoms with Gasteiger partial charge in [-0.3, -0.25) is 14.5 Å². The van der Waals surface area contributed by atoms with Gasteiger partial charge in [0, 0.05) is 36.3 Å². The van der Waals surface area contributed by atoms with Crippen molar-refractivity contribution in [3.8, 4) is 0 Å². The quantitative estimate of drug-likeness (QED) is 0.607. The third kappa shape index (κ3) is 6.56. The zero-order valence-electron chi connectivity index (χ0n) is 13.3. The van der Waals surface area contributed by atoms with Gasteiger partial charge >= 0.3 is 5.97 Å². The molecule has 0 spiro atoms. The number of hydrogen-bond acceptors (Lipinski definition) is 5. The van der Waals surface area contributed by atoms with Gasteiger partial charge in [-0.2, -0.15) is 0 Å². The van der Waals surface area contributed by atoms with Gasteiger partial charge in [0.1, 0.15) is 6.04 Å². The van der Waals surface area contributed by atoms with Crippen molar-refractivity contribution in [1.29, 1.82) is 0 Å². The number of nitrogens with zero attached hydrogens (tertiary/aromatic N) is 1. The second-order valence-corrected chi connectivity index (χ2v) is 6.47. The van der Waals surface area contributed by atoms with Crippen molar-refractivity contribution >= 4 is 33.5 Å². The maximum atomic E-state index is 12.0. The number of benzene rings is 1. The first kappa shape index (κ1) is 18.9. The molecule has 7 nitrogen and oxygen atoms in total. The molecule has 1 atom stereocenters. The van der Waals surface area contributed by atoms with E-state index in [0.29, 0.717) is 25.4 Å². The summed E-state index contributed by atoms with van der Waals surface area (Å²) in [6, 6.07) is 6.23.